The lowest BCUT2D eigenvalue weighted by Crippen LogP contribution is -2.52. The van der Waals surface area contributed by atoms with Gasteiger partial charge in [-0.25, -0.2) is 0 Å². The van der Waals surface area contributed by atoms with Crippen LogP contribution in [0.3, 0.4) is 0 Å². The van der Waals surface area contributed by atoms with Crippen LogP contribution in [0.25, 0.3) is 0 Å². The molecule has 0 bridgehead atoms. The lowest BCUT2D eigenvalue weighted by Gasteiger charge is -2.40. The Kier molecular flexibility index (Phi) is 7.70. The highest BCUT2D eigenvalue weighted by atomic mass is 16.8. The van der Waals surface area contributed by atoms with Crippen LogP contribution in [0.5, 0.6) is 11.5 Å². The summed E-state index contributed by atoms with van der Waals surface area (Å²) in [6.07, 6.45) is -1.85. The second-order valence-electron chi connectivity index (χ2n) is 10.3. The Balaban J connectivity index is 1.64. The molecular formula is C31H36O8. The number of fused-ring (bicyclic) bond motifs is 1. The maximum Gasteiger partial charge on any atom is 0.187 e. The summed E-state index contributed by atoms with van der Waals surface area (Å²) in [5.41, 5.74) is 0.318. The first-order chi connectivity index (χ1) is 18.8. The van der Waals surface area contributed by atoms with E-state index in [1.54, 1.807) is 21.3 Å². The molecule has 4 atom stereocenters. The standard InChI is InChI=1S/C31H36O8/c1-29(2)37-26-27(38-29)30(19-32,39-28(26)35-5)20-36-31(21-9-7-6-8-10-21,22-11-15-24(33-3)16-12-22)23-13-17-25(34-4)18-14-23/h6-18,26-28,32H,19-20H2,1-5H3/t26-,27+,28-,30+/m1/s1. The van der Waals surface area contributed by atoms with Crippen molar-refractivity contribution in [2.45, 2.75) is 49.3 Å². The third-order valence-corrected chi connectivity index (χ3v) is 7.47. The molecule has 0 aromatic heterocycles. The Labute approximate surface area is 229 Å². The summed E-state index contributed by atoms with van der Waals surface area (Å²) in [5, 5.41) is 10.8. The minimum Gasteiger partial charge on any atom is -0.497 e. The lowest BCUT2D eigenvalue weighted by atomic mass is 9.79. The molecule has 0 radical (unpaired) electrons. The first-order valence-corrected chi connectivity index (χ1v) is 13.0. The molecule has 39 heavy (non-hydrogen) atoms. The molecule has 8 heteroatoms. The van der Waals surface area contributed by atoms with Gasteiger partial charge in [-0.15, -0.1) is 0 Å². The number of methoxy groups -OCH3 is 3. The number of aliphatic hydroxyl groups is 1. The zero-order chi connectivity index (χ0) is 27.7. The van der Waals surface area contributed by atoms with E-state index in [0.717, 1.165) is 28.2 Å². The first-order valence-electron chi connectivity index (χ1n) is 13.0. The fourth-order valence-corrected chi connectivity index (χ4v) is 5.54. The molecule has 0 amide bonds. The summed E-state index contributed by atoms with van der Waals surface area (Å²) in [4.78, 5) is 0. The van der Waals surface area contributed by atoms with Crippen molar-refractivity contribution >= 4 is 0 Å². The molecule has 8 nitrogen and oxygen atoms in total. The topological polar surface area (TPSA) is 84.8 Å². The van der Waals surface area contributed by atoms with Gasteiger partial charge in [-0.1, -0.05) is 54.6 Å². The number of ether oxygens (including phenoxy) is 7. The molecule has 0 unspecified atom stereocenters. The number of rotatable bonds is 10. The first kappa shape index (κ1) is 27.6. The van der Waals surface area contributed by atoms with Gasteiger partial charge in [-0.05, 0) is 54.8 Å². The van der Waals surface area contributed by atoms with Crippen LogP contribution in [-0.4, -0.2) is 69.5 Å². The molecule has 0 aliphatic carbocycles. The highest BCUT2D eigenvalue weighted by molar-refractivity contribution is 5.49. The van der Waals surface area contributed by atoms with Crippen LogP contribution in [-0.2, 0) is 29.3 Å². The Morgan fingerprint density at radius 2 is 1.28 bits per heavy atom. The summed E-state index contributed by atoms with van der Waals surface area (Å²) >= 11 is 0. The molecule has 2 aliphatic heterocycles. The van der Waals surface area contributed by atoms with Crippen molar-refractivity contribution in [3.63, 3.8) is 0 Å². The maximum atomic E-state index is 10.8. The van der Waals surface area contributed by atoms with E-state index < -0.39 is 35.5 Å². The third-order valence-electron chi connectivity index (χ3n) is 7.47. The van der Waals surface area contributed by atoms with Crippen LogP contribution in [0.1, 0.15) is 30.5 Å². The lowest BCUT2D eigenvalue weighted by molar-refractivity contribution is -0.268. The second kappa shape index (κ2) is 10.9. The number of hydrogen-bond donors (Lipinski definition) is 1. The largest absolute Gasteiger partial charge is 0.497 e. The van der Waals surface area contributed by atoms with Crippen LogP contribution >= 0.6 is 0 Å². The summed E-state index contributed by atoms with van der Waals surface area (Å²) in [6, 6.07) is 25.5. The van der Waals surface area contributed by atoms with E-state index in [1.165, 1.54) is 0 Å². The maximum absolute atomic E-state index is 10.8. The molecule has 5 rings (SSSR count). The van der Waals surface area contributed by atoms with E-state index in [0.29, 0.717) is 0 Å². The minimum absolute atomic E-state index is 0.0169. The smallest absolute Gasteiger partial charge is 0.187 e. The van der Waals surface area contributed by atoms with Gasteiger partial charge >= 0.3 is 0 Å². The molecule has 3 aromatic carbocycles. The van der Waals surface area contributed by atoms with Gasteiger partial charge in [-0.2, -0.15) is 0 Å². The van der Waals surface area contributed by atoms with E-state index in [1.807, 2.05) is 92.7 Å². The van der Waals surface area contributed by atoms with Crippen molar-refractivity contribution in [1.29, 1.82) is 0 Å². The minimum atomic E-state index is -1.24. The molecule has 2 heterocycles. The number of aliphatic hydroxyl groups excluding tert-OH is 1. The monoisotopic (exact) mass is 536 g/mol. The van der Waals surface area contributed by atoms with E-state index in [-0.39, 0.29) is 13.2 Å². The molecule has 2 fully saturated rings. The molecule has 2 saturated heterocycles. The van der Waals surface area contributed by atoms with Crippen molar-refractivity contribution in [2.75, 3.05) is 34.5 Å². The van der Waals surface area contributed by atoms with Gasteiger partial charge in [0.25, 0.3) is 0 Å². The predicted molar refractivity (Wildman–Crippen MR) is 144 cm³/mol. The van der Waals surface area contributed by atoms with E-state index in [4.69, 9.17) is 33.2 Å². The molecular weight excluding hydrogens is 500 g/mol. The Hall–Kier alpha value is -2.98. The van der Waals surface area contributed by atoms with Crippen molar-refractivity contribution in [1.82, 2.24) is 0 Å². The van der Waals surface area contributed by atoms with Crippen LogP contribution in [0.2, 0.25) is 0 Å². The van der Waals surface area contributed by atoms with Crippen molar-refractivity contribution in [3.05, 3.63) is 95.6 Å². The normalized spacial score (nSPS) is 25.8. The quantitative estimate of drug-likeness (QED) is 0.385. The average Bonchev–Trinajstić information content (AvgIpc) is 3.45. The molecule has 0 spiro atoms. The van der Waals surface area contributed by atoms with Gasteiger partial charge in [-0.3, -0.25) is 0 Å². The van der Waals surface area contributed by atoms with Crippen LogP contribution < -0.4 is 9.47 Å². The number of hydrogen-bond acceptors (Lipinski definition) is 8. The molecule has 1 N–H and O–H groups in total. The van der Waals surface area contributed by atoms with Gasteiger partial charge in [0.15, 0.2) is 12.1 Å². The fraction of sp³-hybridized carbons (Fsp3) is 0.419. The Bertz CT molecular complexity index is 1180. The van der Waals surface area contributed by atoms with Crippen LogP contribution in [0.15, 0.2) is 78.9 Å². The van der Waals surface area contributed by atoms with Gasteiger partial charge in [0.05, 0.1) is 27.4 Å². The van der Waals surface area contributed by atoms with Gasteiger partial charge in [0.1, 0.15) is 34.9 Å². The summed E-state index contributed by atoms with van der Waals surface area (Å²) < 4.78 is 42.1. The van der Waals surface area contributed by atoms with E-state index >= 15 is 0 Å². The summed E-state index contributed by atoms with van der Waals surface area (Å²) in [7, 11) is 4.82. The second-order valence-corrected chi connectivity index (χ2v) is 10.3. The molecule has 3 aromatic rings. The summed E-state index contributed by atoms with van der Waals surface area (Å²) in [6.45, 7) is 3.30. The van der Waals surface area contributed by atoms with Gasteiger partial charge in [0, 0.05) is 7.11 Å². The average molecular weight is 537 g/mol. The van der Waals surface area contributed by atoms with Crippen LogP contribution in [0.4, 0.5) is 0 Å². The van der Waals surface area contributed by atoms with Crippen LogP contribution in [0, 0.1) is 0 Å². The predicted octanol–water partition coefficient (Wildman–Crippen LogP) is 4.27. The molecule has 208 valence electrons. The van der Waals surface area contributed by atoms with E-state index in [9.17, 15) is 5.11 Å². The number of benzene rings is 3. The van der Waals surface area contributed by atoms with Crippen molar-refractivity contribution in [2.24, 2.45) is 0 Å². The Morgan fingerprint density at radius 3 is 1.77 bits per heavy atom. The summed E-state index contributed by atoms with van der Waals surface area (Å²) in [5.74, 6) is 0.593. The zero-order valence-corrected chi connectivity index (χ0v) is 23.0. The fourth-order valence-electron chi connectivity index (χ4n) is 5.54. The van der Waals surface area contributed by atoms with Crippen molar-refractivity contribution < 1.29 is 38.3 Å². The third kappa shape index (κ3) is 4.93. The Morgan fingerprint density at radius 1 is 0.744 bits per heavy atom. The molecule has 2 aliphatic rings. The molecule has 0 saturated carbocycles. The van der Waals surface area contributed by atoms with Gasteiger partial charge in [0.2, 0.25) is 0 Å². The highest BCUT2D eigenvalue weighted by Crippen LogP contribution is 2.47. The van der Waals surface area contributed by atoms with Gasteiger partial charge < -0.3 is 38.3 Å². The SMILES string of the molecule is COc1ccc(C(OC[C@]2(CO)O[C@@H](OC)[C@@H]3OC(C)(C)O[C@@H]32)(c2ccccc2)c2ccc(OC)cc2)cc1. The zero-order valence-electron chi connectivity index (χ0n) is 23.0. The van der Waals surface area contributed by atoms with E-state index in [2.05, 4.69) is 0 Å². The van der Waals surface area contributed by atoms with Crippen molar-refractivity contribution in [3.8, 4) is 11.5 Å². The highest BCUT2D eigenvalue weighted by Gasteiger charge is 2.64.